The molecule has 3 aromatic heterocycles. The molecule has 1 aliphatic heterocycles. The Kier molecular flexibility index (Phi) is 4.64. The Labute approximate surface area is 168 Å². The maximum atomic E-state index is 5.80. The lowest BCUT2D eigenvalue weighted by Crippen LogP contribution is -2.16. The molecule has 0 radical (unpaired) electrons. The number of nitrogens with one attached hydrogen (secondary N) is 1. The number of ether oxygens (including phenoxy) is 1. The summed E-state index contributed by atoms with van der Waals surface area (Å²) in [6, 6.07) is 2.19. The molecule has 0 spiro atoms. The van der Waals surface area contributed by atoms with Crippen LogP contribution >= 0.6 is 11.3 Å². The number of anilines is 1. The van der Waals surface area contributed by atoms with Crippen molar-refractivity contribution in [3.05, 3.63) is 39.8 Å². The van der Waals surface area contributed by atoms with E-state index in [1.54, 1.807) is 17.7 Å². The van der Waals surface area contributed by atoms with Crippen molar-refractivity contribution in [2.24, 2.45) is 5.10 Å². The van der Waals surface area contributed by atoms with Gasteiger partial charge >= 0.3 is 0 Å². The van der Waals surface area contributed by atoms with E-state index in [2.05, 4.69) is 45.0 Å². The molecule has 0 aromatic carbocycles. The number of aromatic nitrogens is 3. The Morgan fingerprint density at radius 1 is 1.32 bits per heavy atom. The van der Waals surface area contributed by atoms with E-state index >= 15 is 0 Å². The average Bonchev–Trinajstić information content (AvgIpc) is 3.44. The summed E-state index contributed by atoms with van der Waals surface area (Å²) in [5, 5.41) is 5.66. The highest BCUT2D eigenvalue weighted by Gasteiger charge is 2.21. The van der Waals surface area contributed by atoms with Gasteiger partial charge in [-0.05, 0) is 57.6 Å². The van der Waals surface area contributed by atoms with E-state index in [4.69, 9.17) is 4.74 Å². The molecule has 3 aromatic rings. The summed E-state index contributed by atoms with van der Waals surface area (Å²) in [5.41, 5.74) is 8.18. The number of thiophene rings is 1. The van der Waals surface area contributed by atoms with Crippen LogP contribution < -0.4 is 5.43 Å². The Bertz CT molecular complexity index is 1040. The van der Waals surface area contributed by atoms with Crippen molar-refractivity contribution in [1.82, 2.24) is 14.5 Å². The first-order chi connectivity index (χ1) is 13.7. The highest BCUT2D eigenvalue weighted by molar-refractivity contribution is 7.19. The fourth-order valence-corrected chi connectivity index (χ4v) is 5.64. The Morgan fingerprint density at radius 2 is 2.25 bits per heavy atom. The van der Waals surface area contributed by atoms with Crippen molar-refractivity contribution >= 4 is 33.6 Å². The largest absolute Gasteiger partial charge is 0.376 e. The van der Waals surface area contributed by atoms with E-state index < -0.39 is 0 Å². The van der Waals surface area contributed by atoms with Crippen LogP contribution in [0.5, 0.6) is 0 Å². The van der Waals surface area contributed by atoms with Crippen molar-refractivity contribution in [1.29, 1.82) is 0 Å². The minimum absolute atomic E-state index is 0.336. The molecule has 0 bridgehead atoms. The van der Waals surface area contributed by atoms with Gasteiger partial charge in [-0.1, -0.05) is 0 Å². The van der Waals surface area contributed by atoms with E-state index in [9.17, 15) is 0 Å². The highest BCUT2D eigenvalue weighted by Crippen LogP contribution is 2.38. The topological polar surface area (TPSA) is 64.3 Å². The van der Waals surface area contributed by atoms with Crippen LogP contribution in [-0.2, 0) is 24.1 Å². The van der Waals surface area contributed by atoms with Crippen LogP contribution in [0.15, 0.2) is 17.5 Å². The molecule has 1 atom stereocenters. The van der Waals surface area contributed by atoms with Crippen molar-refractivity contribution in [3.8, 4) is 0 Å². The molecule has 7 heteroatoms. The predicted molar refractivity (Wildman–Crippen MR) is 114 cm³/mol. The molecule has 146 valence electrons. The minimum Gasteiger partial charge on any atom is -0.376 e. The number of aryl methyl sites for hydroxylation is 3. The fourth-order valence-electron chi connectivity index (χ4n) is 4.41. The summed E-state index contributed by atoms with van der Waals surface area (Å²) in [7, 11) is 0. The van der Waals surface area contributed by atoms with Crippen LogP contribution in [0.1, 0.15) is 46.7 Å². The van der Waals surface area contributed by atoms with Crippen LogP contribution in [0.3, 0.4) is 0 Å². The number of fused-ring (bicyclic) bond motifs is 3. The summed E-state index contributed by atoms with van der Waals surface area (Å²) in [6.45, 7) is 6.11. The number of hydrazone groups is 1. The first-order valence-electron chi connectivity index (χ1n) is 10.0. The van der Waals surface area contributed by atoms with Crippen LogP contribution in [0, 0.1) is 13.8 Å². The normalized spacial score (nSPS) is 19.1. The van der Waals surface area contributed by atoms with Gasteiger partial charge in [0.25, 0.3) is 0 Å². The molecule has 0 saturated carbocycles. The number of hydrogen-bond acceptors (Lipinski definition) is 6. The summed E-state index contributed by atoms with van der Waals surface area (Å²) >= 11 is 1.79. The Hall–Kier alpha value is -2.25. The van der Waals surface area contributed by atoms with E-state index in [1.165, 1.54) is 34.7 Å². The summed E-state index contributed by atoms with van der Waals surface area (Å²) in [6.07, 6.45) is 9.68. The first kappa shape index (κ1) is 17.8. The number of rotatable bonds is 5. The number of hydrogen-bond donors (Lipinski definition) is 1. The zero-order chi connectivity index (χ0) is 19.1. The van der Waals surface area contributed by atoms with Gasteiger partial charge in [0.2, 0.25) is 0 Å². The van der Waals surface area contributed by atoms with Crippen LogP contribution in [0.2, 0.25) is 0 Å². The van der Waals surface area contributed by atoms with E-state index in [1.807, 2.05) is 6.21 Å². The van der Waals surface area contributed by atoms with Crippen LogP contribution in [0.4, 0.5) is 5.82 Å². The van der Waals surface area contributed by atoms with Gasteiger partial charge in [0.1, 0.15) is 11.2 Å². The van der Waals surface area contributed by atoms with Gasteiger partial charge in [-0.2, -0.15) is 5.10 Å². The molecule has 0 amide bonds. The van der Waals surface area contributed by atoms with Gasteiger partial charge in [0.05, 0.1) is 17.7 Å². The fraction of sp³-hybridized carbons (Fsp3) is 0.476. The lowest BCUT2D eigenvalue weighted by Gasteiger charge is -2.14. The molecular weight excluding hydrogens is 370 g/mol. The third kappa shape index (κ3) is 3.12. The lowest BCUT2D eigenvalue weighted by molar-refractivity contribution is 0.0962. The smallest absolute Gasteiger partial charge is 0.158 e. The summed E-state index contributed by atoms with van der Waals surface area (Å²) in [4.78, 5) is 11.4. The molecule has 1 N–H and O–H groups in total. The molecular formula is C21H25N5OS. The third-order valence-corrected chi connectivity index (χ3v) is 7.10. The van der Waals surface area contributed by atoms with Gasteiger partial charge < -0.3 is 9.30 Å². The van der Waals surface area contributed by atoms with Crippen molar-refractivity contribution < 1.29 is 4.74 Å². The molecule has 5 rings (SSSR count). The molecule has 0 unspecified atom stereocenters. The maximum absolute atomic E-state index is 5.80. The SMILES string of the molecule is Cc1cc(/C=N\Nc2ncnc3sc4c(c23)CCC4)c(C)n1C[C@H]1CCCO1. The zero-order valence-electron chi connectivity index (χ0n) is 16.4. The molecule has 1 aliphatic carbocycles. The maximum Gasteiger partial charge on any atom is 0.158 e. The van der Waals surface area contributed by atoms with Gasteiger partial charge in [-0.25, -0.2) is 9.97 Å². The third-order valence-electron chi connectivity index (χ3n) is 5.90. The molecule has 4 heterocycles. The molecule has 6 nitrogen and oxygen atoms in total. The lowest BCUT2D eigenvalue weighted by atomic mass is 10.2. The van der Waals surface area contributed by atoms with Crippen LogP contribution in [-0.4, -0.2) is 33.5 Å². The van der Waals surface area contributed by atoms with Crippen molar-refractivity contribution in [3.63, 3.8) is 0 Å². The van der Waals surface area contributed by atoms with Gasteiger partial charge in [-0.3, -0.25) is 5.43 Å². The van der Waals surface area contributed by atoms with Gasteiger partial charge in [0.15, 0.2) is 5.82 Å². The average molecular weight is 396 g/mol. The quantitative estimate of drug-likeness (QED) is 0.519. The van der Waals surface area contributed by atoms with Crippen molar-refractivity contribution in [2.75, 3.05) is 12.0 Å². The second kappa shape index (κ2) is 7.29. The zero-order valence-corrected chi connectivity index (χ0v) is 17.2. The highest BCUT2D eigenvalue weighted by atomic mass is 32.1. The molecule has 1 saturated heterocycles. The Balaban J connectivity index is 1.37. The van der Waals surface area contributed by atoms with E-state index in [0.717, 1.165) is 54.0 Å². The van der Waals surface area contributed by atoms with Gasteiger partial charge in [0, 0.05) is 35.0 Å². The number of nitrogens with zero attached hydrogens (tertiary/aromatic N) is 4. The second-order valence-electron chi connectivity index (χ2n) is 7.70. The molecule has 2 aliphatic rings. The molecule has 1 fully saturated rings. The van der Waals surface area contributed by atoms with E-state index in [0.29, 0.717) is 6.10 Å². The summed E-state index contributed by atoms with van der Waals surface area (Å²) < 4.78 is 8.14. The van der Waals surface area contributed by atoms with E-state index in [-0.39, 0.29) is 0 Å². The minimum atomic E-state index is 0.336. The van der Waals surface area contributed by atoms with Gasteiger partial charge in [-0.15, -0.1) is 11.3 Å². The van der Waals surface area contributed by atoms with Crippen molar-refractivity contribution in [2.45, 2.75) is 58.6 Å². The summed E-state index contributed by atoms with van der Waals surface area (Å²) in [5.74, 6) is 0.814. The first-order valence-corrected chi connectivity index (χ1v) is 10.8. The second-order valence-corrected chi connectivity index (χ2v) is 8.79. The monoisotopic (exact) mass is 395 g/mol. The standard InChI is InChI=1S/C21H25N5OS/c1-13-9-15(14(2)26(13)11-16-5-4-8-27-16)10-24-25-20-19-17-6-3-7-18(17)28-21(19)23-12-22-20/h9-10,12,16H,3-8,11H2,1-2H3,(H,22,23,25)/b24-10-/t16-/m1/s1. The molecule has 28 heavy (non-hydrogen) atoms. The van der Waals surface area contributed by atoms with Crippen LogP contribution in [0.25, 0.3) is 10.2 Å². The predicted octanol–water partition coefficient (Wildman–Crippen LogP) is 4.22. The Morgan fingerprint density at radius 3 is 3.11 bits per heavy atom.